The van der Waals surface area contributed by atoms with Gasteiger partial charge in [-0.1, -0.05) is 0 Å². The quantitative estimate of drug-likeness (QED) is 0.589. The predicted octanol–water partition coefficient (Wildman–Crippen LogP) is 0.602. The molecule has 0 atom stereocenters. The van der Waals surface area contributed by atoms with Crippen LogP contribution in [-0.4, -0.2) is 37.0 Å². The molecule has 3 aromatic rings. The van der Waals surface area contributed by atoms with E-state index in [9.17, 15) is 19.2 Å². The Balaban J connectivity index is 1.61. The Labute approximate surface area is 172 Å². The summed E-state index contributed by atoms with van der Waals surface area (Å²) in [5.74, 6) is -0.336. The molecule has 0 aliphatic carbocycles. The molecule has 0 saturated carbocycles. The zero-order valence-electron chi connectivity index (χ0n) is 17.1. The zero-order valence-corrected chi connectivity index (χ0v) is 17.1. The highest BCUT2D eigenvalue weighted by atomic mass is 16.2. The van der Waals surface area contributed by atoms with Gasteiger partial charge in [0.25, 0.3) is 11.5 Å². The Hall–Kier alpha value is -3.69. The van der Waals surface area contributed by atoms with Crippen LogP contribution in [0.4, 0.5) is 5.69 Å². The number of hydrogen-bond donors (Lipinski definition) is 2. The molecule has 0 saturated heterocycles. The van der Waals surface area contributed by atoms with Crippen LogP contribution in [0.1, 0.15) is 30.1 Å². The second-order valence-electron chi connectivity index (χ2n) is 6.90. The molecule has 0 unspecified atom stereocenters. The number of nitrogens with zero attached hydrogens (tertiary/aromatic N) is 4. The van der Waals surface area contributed by atoms with E-state index in [1.165, 1.54) is 17.9 Å². The number of carbonyl (C=O) groups excluding carboxylic acids is 2. The number of benzene rings is 1. The minimum atomic E-state index is -0.435. The lowest BCUT2D eigenvalue weighted by Crippen LogP contribution is -2.37. The summed E-state index contributed by atoms with van der Waals surface area (Å²) in [6, 6.07) is 6.66. The van der Waals surface area contributed by atoms with E-state index in [1.807, 2.05) is 6.92 Å². The molecule has 30 heavy (non-hydrogen) atoms. The molecule has 10 nitrogen and oxygen atoms in total. The Morgan fingerprint density at radius 2 is 1.77 bits per heavy atom. The first kappa shape index (κ1) is 21.0. The molecule has 0 radical (unpaired) electrons. The Morgan fingerprint density at radius 3 is 2.43 bits per heavy atom. The van der Waals surface area contributed by atoms with Crippen LogP contribution in [0.2, 0.25) is 0 Å². The number of fused-ring (bicyclic) bond motifs is 1. The van der Waals surface area contributed by atoms with E-state index < -0.39 is 11.2 Å². The molecule has 0 bridgehead atoms. The van der Waals surface area contributed by atoms with E-state index in [0.29, 0.717) is 41.9 Å². The zero-order chi connectivity index (χ0) is 21.8. The standard InChI is InChI=1S/C20H24N6O4/c1-4-21-18(28)13-7-9-14(10-8-13)23-15(27)6-5-11-26-12-22-17-16(26)19(29)25(3)20(30)24(17)2/h7-10,12H,4-6,11H2,1-3H3,(H,21,28)(H,23,27). The molecule has 0 aliphatic rings. The van der Waals surface area contributed by atoms with Crippen LogP contribution in [-0.2, 0) is 25.4 Å². The largest absolute Gasteiger partial charge is 0.352 e. The lowest BCUT2D eigenvalue weighted by Gasteiger charge is -2.08. The third-order valence-electron chi connectivity index (χ3n) is 4.79. The fraction of sp³-hybridized carbons (Fsp3) is 0.350. The maximum atomic E-state index is 12.4. The van der Waals surface area contributed by atoms with Crippen molar-refractivity contribution in [3.05, 3.63) is 57.0 Å². The number of aromatic nitrogens is 4. The third kappa shape index (κ3) is 4.17. The first-order chi connectivity index (χ1) is 14.3. The van der Waals surface area contributed by atoms with Gasteiger partial charge in [-0.3, -0.25) is 23.5 Å². The van der Waals surface area contributed by atoms with Crippen molar-refractivity contribution >= 4 is 28.7 Å². The summed E-state index contributed by atoms with van der Waals surface area (Å²) >= 11 is 0. The highest BCUT2D eigenvalue weighted by Gasteiger charge is 2.14. The molecule has 0 aliphatic heterocycles. The van der Waals surface area contributed by atoms with Crippen LogP contribution < -0.4 is 21.9 Å². The molecule has 1 aromatic carbocycles. The lowest BCUT2D eigenvalue weighted by atomic mass is 10.2. The van der Waals surface area contributed by atoms with Crippen molar-refractivity contribution in [2.24, 2.45) is 14.1 Å². The number of aryl methyl sites for hydroxylation is 2. The molecule has 2 amide bonds. The van der Waals surface area contributed by atoms with Gasteiger partial charge in [-0.05, 0) is 37.6 Å². The molecule has 2 aromatic heterocycles. The number of imidazole rings is 1. The van der Waals surface area contributed by atoms with Crippen LogP contribution in [0, 0.1) is 0 Å². The van der Waals surface area contributed by atoms with Gasteiger partial charge in [-0.25, -0.2) is 9.78 Å². The molecular weight excluding hydrogens is 388 g/mol. The molecular formula is C20H24N6O4. The molecule has 3 rings (SSSR count). The summed E-state index contributed by atoms with van der Waals surface area (Å²) < 4.78 is 4.02. The Kier molecular flexibility index (Phi) is 6.14. The van der Waals surface area contributed by atoms with E-state index in [1.54, 1.807) is 35.9 Å². The van der Waals surface area contributed by atoms with Gasteiger partial charge in [0.15, 0.2) is 11.2 Å². The third-order valence-corrected chi connectivity index (χ3v) is 4.79. The maximum Gasteiger partial charge on any atom is 0.332 e. The van der Waals surface area contributed by atoms with Crippen LogP contribution in [0.25, 0.3) is 11.2 Å². The number of carbonyl (C=O) groups is 2. The summed E-state index contributed by atoms with van der Waals surface area (Å²) in [5.41, 5.74) is 0.932. The Bertz CT molecular complexity index is 1200. The summed E-state index contributed by atoms with van der Waals surface area (Å²) in [6.07, 6.45) is 2.23. The van der Waals surface area contributed by atoms with E-state index in [2.05, 4.69) is 15.6 Å². The van der Waals surface area contributed by atoms with E-state index in [4.69, 9.17) is 0 Å². The number of nitrogens with one attached hydrogen (secondary N) is 2. The fourth-order valence-corrected chi connectivity index (χ4v) is 3.17. The maximum absolute atomic E-state index is 12.4. The van der Waals surface area contributed by atoms with E-state index in [0.717, 1.165) is 4.57 Å². The molecule has 158 valence electrons. The van der Waals surface area contributed by atoms with Crippen molar-refractivity contribution < 1.29 is 9.59 Å². The number of rotatable bonds is 7. The highest BCUT2D eigenvalue weighted by Crippen LogP contribution is 2.11. The van der Waals surface area contributed by atoms with Gasteiger partial charge in [0.05, 0.1) is 6.33 Å². The van der Waals surface area contributed by atoms with Gasteiger partial charge in [-0.15, -0.1) is 0 Å². The van der Waals surface area contributed by atoms with Crippen molar-refractivity contribution in [3.63, 3.8) is 0 Å². The molecule has 10 heteroatoms. The molecule has 0 spiro atoms. The second kappa shape index (κ2) is 8.76. The van der Waals surface area contributed by atoms with Crippen molar-refractivity contribution in [1.29, 1.82) is 0 Å². The summed E-state index contributed by atoms with van der Waals surface area (Å²) in [7, 11) is 2.98. The number of anilines is 1. The lowest BCUT2D eigenvalue weighted by molar-refractivity contribution is -0.116. The topological polar surface area (TPSA) is 120 Å². The first-order valence-corrected chi connectivity index (χ1v) is 9.62. The van der Waals surface area contributed by atoms with Crippen LogP contribution >= 0.6 is 0 Å². The van der Waals surface area contributed by atoms with Crippen molar-refractivity contribution in [2.75, 3.05) is 11.9 Å². The predicted molar refractivity (Wildman–Crippen MR) is 113 cm³/mol. The monoisotopic (exact) mass is 412 g/mol. The van der Waals surface area contributed by atoms with Gasteiger partial charge < -0.3 is 15.2 Å². The number of hydrogen-bond acceptors (Lipinski definition) is 5. The normalized spacial score (nSPS) is 10.9. The van der Waals surface area contributed by atoms with Gasteiger partial charge in [-0.2, -0.15) is 0 Å². The van der Waals surface area contributed by atoms with Crippen LogP contribution in [0.3, 0.4) is 0 Å². The molecule has 0 fully saturated rings. The summed E-state index contributed by atoms with van der Waals surface area (Å²) in [5, 5.41) is 5.50. The SMILES string of the molecule is CCNC(=O)c1ccc(NC(=O)CCCn2cnc3c2c(=O)n(C)c(=O)n3C)cc1. The summed E-state index contributed by atoms with van der Waals surface area (Å²) in [6.45, 7) is 2.80. The van der Waals surface area contributed by atoms with E-state index in [-0.39, 0.29) is 18.2 Å². The van der Waals surface area contributed by atoms with Gasteiger partial charge in [0.2, 0.25) is 5.91 Å². The van der Waals surface area contributed by atoms with Gasteiger partial charge in [0.1, 0.15) is 0 Å². The van der Waals surface area contributed by atoms with Crippen molar-refractivity contribution in [1.82, 2.24) is 24.0 Å². The minimum Gasteiger partial charge on any atom is -0.352 e. The first-order valence-electron chi connectivity index (χ1n) is 9.62. The average Bonchev–Trinajstić information content (AvgIpc) is 3.15. The van der Waals surface area contributed by atoms with Gasteiger partial charge in [0, 0.05) is 44.9 Å². The Morgan fingerprint density at radius 1 is 1.07 bits per heavy atom. The van der Waals surface area contributed by atoms with E-state index >= 15 is 0 Å². The van der Waals surface area contributed by atoms with Gasteiger partial charge >= 0.3 is 5.69 Å². The number of amides is 2. The molecule has 2 heterocycles. The second-order valence-corrected chi connectivity index (χ2v) is 6.90. The van der Waals surface area contributed by atoms with Crippen molar-refractivity contribution in [3.8, 4) is 0 Å². The highest BCUT2D eigenvalue weighted by molar-refractivity contribution is 5.95. The molecule has 2 N–H and O–H groups in total. The van der Waals surface area contributed by atoms with Crippen molar-refractivity contribution in [2.45, 2.75) is 26.3 Å². The smallest absolute Gasteiger partial charge is 0.332 e. The minimum absolute atomic E-state index is 0.161. The fourth-order valence-electron chi connectivity index (χ4n) is 3.17. The average molecular weight is 412 g/mol. The van der Waals surface area contributed by atoms with Crippen LogP contribution in [0.5, 0.6) is 0 Å². The summed E-state index contributed by atoms with van der Waals surface area (Å²) in [4.78, 5) is 52.5. The van der Waals surface area contributed by atoms with Crippen LogP contribution in [0.15, 0.2) is 40.2 Å².